The Balaban J connectivity index is 1.62. The number of carbonyl (C=O) groups excluding carboxylic acids is 3. The van der Waals surface area contributed by atoms with Crippen LogP contribution in [0.15, 0.2) is 35.8 Å². The molecular formula is C21H21N5O7S. The van der Waals surface area contributed by atoms with Gasteiger partial charge in [0.05, 0.1) is 11.1 Å². The van der Waals surface area contributed by atoms with Gasteiger partial charge in [-0.15, -0.1) is 11.3 Å². The van der Waals surface area contributed by atoms with Crippen molar-refractivity contribution in [2.24, 2.45) is 0 Å². The molecule has 0 aliphatic rings. The van der Waals surface area contributed by atoms with Crippen molar-refractivity contribution in [3.63, 3.8) is 0 Å². The molecule has 4 N–H and O–H groups in total. The molecule has 0 fully saturated rings. The van der Waals surface area contributed by atoms with Gasteiger partial charge in [-0.3, -0.25) is 14.8 Å². The van der Waals surface area contributed by atoms with Gasteiger partial charge in [0.15, 0.2) is 10.8 Å². The number of hydroxylamine groups is 1. The van der Waals surface area contributed by atoms with Crippen molar-refractivity contribution in [2.45, 2.75) is 26.4 Å². The number of nitrogens with one attached hydrogen (secondary N) is 3. The predicted molar refractivity (Wildman–Crippen MR) is 121 cm³/mol. The molecule has 2 aromatic heterocycles. The van der Waals surface area contributed by atoms with Gasteiger partial charge in [0.2, 0.25) is 5.78 Å². The van der Waals surface area contributed by atoms with E-state index in [2.05, 4.69) is 15.8 Å². The molecular weight excluding hydrogens is 466 g/mol. The number of alkyl carbamates (subject to hydrolysis) is 1. The van der Waals surface area contributed by atoms with Crippen molar-refractivity contribution in [1.82, 2.24) is 20.3 Å². The highest BCUT2D eigenvalue weighted by atomic mass is 32.1. The predicted octanol–water partition coefficient (Wildman–Crippen LogP) is 2.75. The van der Waals surface area contributed by atoms with Gasteiger partial charge in [0, 0.05) is 17.0 Å². The highest BCUT2D eigenvalue weighted by molar-refractivity contribution is 7.12. The lowest BCUT2D eigenvalue weighted by atomic mass is 10.1. The van der Waals surface area contributed by atoms with Crippen LogP contribution in [0.25, 0.3) is 10.9 Å². The Kier molecular flexibility index (Phi) is 6.96. The van der Waals surface area contributed by atoms with Crippen molar-refractivity contribution >= 4 is 52.0 Å². The van der Waals surface area contributed by atoms with E-state index >= 15 is 0 Å². The summed E-state index contributed by atoms with van der Waals surface area (Å²) in [4.78, 5) is 56.5. The van der Waals surface area contributed by atoms with Crippen LogP contribution in [0.2, 0.25) is 0 Å². The molecule has 0 bridgehead atoms. The molecule has 0 aliphatic carbocycles. The highest BCUT2D eigenvalue weighted by Crippen LogP contribution is 2.25. The summed E-state index contributed by atoms with van der Waals surface area (Å²) in [6.07, 6.45) is -0.810. The first kappa shape index (κ1) is 24.4. The van der Waals surface area contributed by atoms with Crippen molar-refractivity contribution < 1.29 is 33.9 Å². The topological polar surface area (TPSA) is 173 Å². The van der Waals surface area contributed by atoms with E-state index < -0.39 is 41.9 Å². The van der Waals surface area contributed by atoms with Crippen LogP contribution in [-0.4, -0.2) is 56.6 Å². The van der Waals surface area contributed by atoms with Crippen molar-refractivity contribution in [1.29, 1.82) is 5.41 Å². The van der Waals surface area contributed by atoms with Gasteiger partial charge in [-0.2, -0.15) is 5.48 Å². The minimum Gasteiger partial charge on any atom is -0.464 e. The van der Waals surface area contributed by atoms with Gasteiger partial charge in [0.25, 0.3) is 0 Å². The summed E-state index contributed by atoms with van der Waals surface area (Å²) in [5.74, 6) is -1.80. The van der Waals surface area contributed by atoms with Gasteiger partial charge in [-0.1, -0.05) is 18.2 Å². The summed E-state index contributed by atoms with van der Waals surface area (Å²) in [5, 5.41) is 21.4. The summed E-state index contributed by atoms with van der Waals surface area (Å²) >= 11 is 0.948. The molecule has 13 heteroatoms. The first-order chi connectivity index (χ1) is 16.0. The van der Waals surface area contributed by atoms with Crippen LogP contribution < -0.4 is 10.8 Å². The monoisotopic (exact) mass is 487 g/mol. The quantitative estimate of drug-likeness (QED) is 0.183. The molecule has 0 atom stereocenters. The zero-order valence-corrected chi connectivity index (χ0v) is 19.2. The second kappa shape index (κ2) is 9.70. The maximum Gasteiger partial charge on any atom is 0.416 e. The third kappa shape index (κ3) is 5.75. The Morgan fingerprint density at radius 2 is 1.91 bits per heavy atom. The Morgan fingerprint density at radius 1 is 1.21 bits per heavy atom. The van der Waals surface area contributed by atoms with Gasteiger partial charge in [0.1, 0.15) is 17.8 Å². The third-order valence-corrected chi connectivity index (χ3v) is 5.00. The number of ether oxygens (including phenoxy) is 1. The molecule has 178 valence electrons. The SMILES string of the molecule is CC(C)(C)OC(=O)NCC(=O)ONC(=N)c1csc(C(=O)c2cn(C(=O)O)c3ccccc23)n1. The van der Waals surface area contributed by atoms with E-state index in [0.29, 0.717) is 10.9 Å². The van der Waals surface area contributed by atoms with E-state index in [-0.39, 0.29) is 16.3 Å². The molecule has 12 nitrogen and oxygen atoms in total. The fourth-order valence-electron chi connectivity index (χ4n) is 2.78. The number of ketones is 1. The molecule has 0 spiro atoms. The molecule has 3 aromatic rings. The number of hydrogen-bond acceptors (Lipinski definition) is 9. The lowest BCUT2D eigenvalue weighted by molar-refractivity contribution is -0.146. The maximum atomic E-state index is 13.0. The van der Waals surface area contributed by atoms with E-state index in [4.69, 9.17) is 15.0 Å². The van der Waals surface area contributed by atoms with Gasteiger partial charge in [-0.05, 0) is 26.8 Å². The summed E-state index contributed by atoms with van der Waals surface area (Å²) in [5.41, 5.74) is 1.92. The van der Waals surface area contributed by atoms with Crippen LogP contribution in [0.5, 0.6) is 0 Å². The Labute approximate surface area is 197 Å². The lowest BCUT2D eigenvalue weighted by Crippen LogP contribution is -2.38. The van der Waals surface area contributed by atoms with E-state index in [1.807, 2.05) is 0 Å². The van der Waals surface area contributed by atoms with Crippen LogP contribution in [0.1, 0.15) is 41.8 Å². The average Bonchev–Trinajstić information content (AvgIpc) is 3.40. The molecule has 34 heavy (non-hydrogen) atoms. The molecule has 0 saturated carbocycles. The molecule has 1 aromatic carbocycles. The smallest absolute Gasteiger partial charge is 0.416 e. The van der Waals surface area contributed by atoms with Crippen LogP contribution >= 0.6 is 11.3 Å². The Hall–Kier alpha value is -4.26. The molecule has 0 saturated heterocycles. The van der Waals surface area contributed by atoms with Crippen LogP contribution in [0.3, 0.4) is 0 Å². The summed E-state index contributed by atoms with van der Waals surface area (Å²) in [6.45, 7) is 4.52. The second-order valence-corrected chi connectivity index (χ2v) is 8.74. The fraction of sp³-hybridized carbons (Fsp3) is 0.238. The number of fused-ring (bicyclic) bond motifs is 1. The molecule has 1 amide bonds. The number of rotatable bonds is 5. The number of carboxylic acid groups (broad SMARTS) is 1. The number of hydrogen-bond donors (Lipinski definition) is 4. The van der Waals surface area contributed by atoms with Gasteiger partial charge < -0.3 is 20.0 Å². The number of para-hydroxylation sites is 1. The van der Waals surface area contributed by atoms with Gasteiger partial charge >= 0.3 is 18.2 Å². The van der Waals surface area contributed by atoms with E-state index in [1.165, 1.54) is 11.6 Å². The minimum absolute atomic E-state index is 0.0211. The normalized spacial score (nSPS) is 11.0. The van der Waals surface area contributed by atoms with Crippen LogP contribution in [-0.2, 0) is 14.4 Å². The van der Waals surface area contributed by atoms with E-state index in [9.17, 15) is 24.3 Å². The van der Waals surface area contributed by atoms with E-state index in [0.717, 1.165) is 15.9 Å². The number of amides is 1. The zero-order valence-electron chi connectivity index (χ0n) is 18.4. The number of carbonyl (C=O) groups is 4. The molecule has 0 aliphatic heterocycles. The molecule has 0 radical (unpaired) electrons. The minimum atomic E-state index is -1.23. The fourth-order valence-corrected chi connectivity index (χ4v) is 3.54. The lowest BCUT2D eigenvalue weighted by Gasteiger charge is -2.19. The number of amidine groups is 1. The largest absolute Gasteiger partial charge is 0.464 e. The van der Waals surface area contributed by atoms with Gasteiger partial charge in [-0.25, -0.2) is 19.4 Å². The molecule has 0 unspecified atom stereocenters. The summed E-state index contributed by atoms with van der Waals surface area (Å²) in [6, 6.07) is 6.56. The Bertz CT molecular complexity index is 1290. The highest BCUT2D eigenvalue weighted by Gasteiger charge is 2.22. The van der Waals surface area contributed by atoms with E-state index in [1.54, 1.807) is 45.0 Å². The Morgan fingerprint density at radius 3 is 2.59 bits per heavy atom. The van der Waals surface area contributed by atoms with Crippen molar-refractivity contribution in [3.8, 4) is 0 Å². The maximum absolute atomic E-state index is 13.0. The van der Waals surface area contributed by atoms with Crippen LogP contribution in [0, 0.1) is 5.41 Å². The summed E-state index contributed by atoms with van der Waals surface area (Å²) in [7, 11) is 0. The summed E-state index contributed by atoms with van der Waals surface area (Å²) < 4.78 is 5.94. The number of thiazole rings is 1. The standard InChI is InChI=1S/C21H21N5O7S/c1-21(2,3)32-19(29)23-8-15(27)33-25-17(22)13-10-34-18(24-13)16(28)12-9-26(20(30)31)14-7-5-4-6-11(12)14/h4-7,9-10H,8H2,1-3H3,(H2,22,25)(H,23,29)(H,30,31). The van der Waals surface area contributed by atoms with Crippen molar-refractivity contribution in [3.05, 3.63) is 52.1 Å². The second-order valence-electron chi connectivity index (χ2n) is 7.89. The molecule has 2 heterocycles. The average molecular weight is 487 g/mol. The van der Waals surface area contributed by atoms with Crippen LogP contribution in [0.4, 0.5) is 9.59 Å². The molecule has 3 rings (SSSR count). The first-order valence-corrected chi connectivity index (χ1v) is 10.7. The number of benzene rings is 1. The number of aromatic nitrogens is 2. The number of nitrogens with zero attached hydrogens (tertiary/aromatic N) is 2. The zero-order chi connectivity index (χ0) is 25.0. The van der Waals surface area contributed by atoms with Crippen molar-refractivity contribution in [2.75, 3.05) is 6.54 Å². The third-order valence-electron chi connectivity index (χ3n) is 4.16. The first-order valence-electron chi connectivity index (χ1n) is 9.81.